The average Bonchev–Trinajstić information content (AvgIpc) is 3.43. The number of urea groups is 1. The van der Waals surface area contributed by atoms with Crippen LogP contribution in [0.3, 0.4) is 0 Å². The molecule has 2 fully saturated rings. The van der Waals surface area contributed by atoms with Crippen LogP contribution < -0.4 is 32.1 Å². The van der Waals surface area contributed by atoms with Crippen molar-refractivity contribution in [1.29, 1.82) is 0 Å². The van der Waals surface area contributed by atoms with E-state index >= 15 is 0 Å². The molecule has 6 N–H and O–H groups in total. The molecule has 1 aromatic carbocycles. The summed E-state index contributed by atoms with van der Waals surface area (Å²) < 4.78 is 0. The van der Waals surface area contributed by atoms with Crippen molar-refractivity contribution in [2.45, 2.75) is 62.4 Å². The van der Waals surface area contributed by atoms with Crippen LogP contribution in [0.15, 0.2) is 34.5 Å². The van der Waals surface area contributed by atoms with Crippen LogP contribution in [0.2, 0.25) is 0 Å². The summed E-state index contributed by atoms with van der Waals surface area (Å²) in [5.74, 6) is 1.57. The third-order valence-corrected chi connectivity index (χ3v) is 7.68. The quantitative estimate of drug-likeness (QED) is 0.184. The molecule has 11 nitrogen and oxygen atoms in total. The Bertz CT molecular complexity index is 968. The molecule has 0 aromatic heterocycles. The Hall–Kier alpha value is -3.28. The lowest BCUT2D eigenvalue weighted by atomic mass is 10.0. The molecule has 0 bridgehead atoms. The van der Waals surface area contributed by atoms with Gasteiger partial charge in [0, 0.05) is 42.5 Å². The maximum atomic E-state index is 12.1. The number of amides is 4. The van der Waals surface area contributed by atoms with Gasteiger partial charge in [-0.3, -0.25) is 20.4 Å². The summed E-state index contributed by atoms with van der Waals surface area (Å²) in [5.41, 5.74) is 7.57. The van der Waals surface area contributed by atoms with Gasteiger partial charge < -0.3 is 21.3 Å². The number of carbonyl (C=O) groups is 3. The van der Waals surface area contributed by atoms with Crippen LogP contribution in [0, 0.1) is 0 Å². The number of hydrazine groups is 1. The molecule has 0 spiro atoms. The smallest absolute Gasteiger partial charge is 0.315 e. The Labute approximate surface area is 208 Å². The van der Waals surface area contributed by atoms with E-state index in [1.54, 1.807) is 0 Å². The van der Waals surface area contributed by atoms with Gasteiger partial charge in [0.2, 0.25) is 11.8 Å². The first-order valence-corrected chi connectivity index (χ1v) is 13.1. The molecule has 188 valence electrons. The maximum absolute atomic E-state index is 12.1. The lowest BCUT2D eigenvalue weighted by molar-refractivity contribution is -0.123. The largest absolute Gasteiger partial charge is 0.356 e. The van der Waals surface area contributed by atoms with E-state index in [0.29, 0.717) is 43.4 Å². The number of hydrogen-bond acceptors (Lipinski definition) is 8. The highest BCUT2D eigenvalue weighted by Crippen LogP contribution is 2.33. The van der Waals surface area contributed by atoms with E-state index in [-0.39, 0.29) is 29.9 Å². The Morgan fingerprint density at radius 2 is 1.83 bits per heavy atom. The topological polar surface area (TPSA) is 148 Å². The van der Waals surface area contributed by atoms with Gasteiger partial charge in [-0.2, -0.15) is 11.8 Å². The zero-order chi connectivity index (χ0) is 24.5. The van der Waals surface area contributed by atoms with Crippen LogP contribution in [0.25, 0.3) is 0 Å². The Morgan fingerprint density at radius 1 is 1.03 bits per heavy atom. The lowest BCUT2D eigenvalue weighted by Gasteiger charge is -2.16. The molecule has 0 radical (unpaired) electrons. The molecule has 35 heavy (non-hydrogen) atoms. The van der Waals surface area contributed by atoms with Crippen molar-refractivity contribution >= 4 is 41.8 Å². The second-order valence-corrected chi connectivity index (χ2v) is 10.0. The Balaban J connectivity index is 1.02. The lowest BCUT2D eigenvalue weighted by Crippen LogP contribution is -2.39. The standard InChI is InChI=1S/C23H32N8O3S/c32-19(5-2-1-4-18-21-17(13-35-18)28-23(34)29-21)24-11-3-6-20(33)25-12-15-7-9-16(10-8-15)22-30-26-14-27-31-22/h7-10,14,17-18,21H,1-6,11-13H2,(H,24,32)(H,25,33)(H,26,27)(H,30,31)(H2,28,29,34)/t17?,18-,21?/m0/s1. The van der Waals surface area contributed by atoms with E-state index in [1.807, 2.05) is 36.0 Å². The minimum Gasteiger partial charge on any atom is -0.356 e. The second kappa shape index (κ2) is 12.4. The number of thioether (sulfide) groups is 1. The molecule has 3 aliphatic heterocycles. The summed E-state index contributed by atoms with van der Waals surface area (Å²) in [7, 11) is 0. The minimum absolute atomic E-state index is 0.0243. The molecule has 0 saturated carbocycles. The highest BCUT2D eigenvalue weighted by Gasteiger charge is 2.42. The summed E-state index contributed by atoms with van der Waals surface area (Å²) in [5, 5.41) is 20.0. The number of rotatable bonds is 12. The first-order valence-electron chi connectivity index (χ1n) is 12.0. The van der Waals surface area contributed by atoms with E-state index in [0.717, 1.165) is 36.1 Å². The SMILES string of the molecule is O=C(CCCC[C@@H]1SCC2NC(=O)NC21)NCCCC(=O)NCc1ccc(C2=NN=CNN2)cc1. The van der Waals surface area contributed by atoms with Gasteiger partial charge in [-0.25, -0.2) is 4.79 Å². The van der Waals surface area contributed by atoms with Crippen LogP contribution in [-0.2, 0) is 16.1 Å². The van der Waals surface area contributed by atoms with E-state index in [2.05, 4.69) is 42.3 Å². The van der Waals surface area contributed by atoms with Gasteiger partial charge in [-0.1, -0.05) is 30.7 Å². The highest BCUT2D eigenvalue weighted by molar-refractivity contribution is 8.00. The van der Waals surface area contributed by atoms with Crippen LogP contribution in [0.1, 0.15) is 49.7 Å². The van der Waals surface area contributed by atoms with Gasteiger partial charge in [-0.05, 0) is 24.8 Å². The van der Waals surface area contributed by atoms with E-state index in [9.17, 15) is 14.4 Å². The monoisotopic (exact) mass is 500 g/mol. The number of unbranched alkanes of at least 4 members (excludes halogenated alkanes) is 1. The fourth-order valence-corrected chi connectivity index (χ4v) is 5.82. The molecule has 0 aliphatic carbocycles. The molecule has 4 rings (SSSR count). The van der Waals surface area contributed by atoms with Crippen molar-refractivity contribution in [1.82, 2.24) is 32.1 Å². The summed E-state index contributed by atoms with van der Waals surface area (Å²) >= 11 is 1.89. The van der Waals surface area contributed by atoms with Crippen LogP contribution in [0.5, 0.6) is 0 Å². The molecule has 4 amide bonds. The molecule has 12 heteroatoms. The molecular formula is C23H32N8O3S. The average molecular weight is 501 g/mol. The zero-order valence-corrected chi connectivity index (χ0v) is 20.3. The van der Waals surface area contributed by atoms with Crippen LogP contribution >= 0.6 is 11.8 Å². The van der Waals surface area contributed by atoms with Gasteiger partial charge in [0.1, 0.15) is 6.34 Å². The summed E-state index contributed by atoms with van der Waals surface area (Å²) in [6, 6.07) is 8.09. The number of hydrogen-bond donors (Lipinski definition) is 6. The van der Waals surface area contributed by atoms with Crippen molar-refractivity contribution in [3.63, 3.8) is 0 Å². The fraction of sp³-hybridized carbons (Fsp3) is 0.522. The van der Waals surface area contributed by atoms with Gasteiger partial charge in [0.15, 0.2) is 5.84 Å². The zero-order valence-electron chi connectivity index (χ0n) is 19.5. The number of fused-ring (bicyclic) bond motifs is 1. The van der Waals surface area contributed by atoms with E-state index < -0.39 is 0 Å². The predicted octanol–water partition coefficient (Wildman–Crippen LogP) is 0.723. The van der Waals surface area contributed by atoms with Gasteiger partial charge in [0.25, 0.3) is 0 Å². The second-order valence-electron chi connectivity index (χ2n) is 8.76. The van der Waals surface area contributed by atoms with Crippen molar-refractivity contribution in [3.8, 4) is 0 Å². The van der Waals surface area contributed by atoms with Gasteiger partial charge in [-0.15, -0.1) is 10.2 Å². The van der Waals surface area contributed by atoms with Gasteiger partial charge >= 0.3 is 6.03 Å². The number of amidine groups is 1. The van der Waals surface area contributed by atoms with Crippen molar-refractivity contribution in [2.75, 3.05) is 12.3 Å². The highest BCUT2D eigenvalue weighted by atomic mass is 32.2. The van der Waals surface area contributed by atoms with E-state index in [4.69, 9.17) is 0 Å². The van der Waals surface area contributed by atoms with Crippen molar-refractivity contribution in [3.05, 3.63) is 35.4 Å². The summed E-state index contributed by atoms with van der Waals surface area (Å²) in [4.78, 5) is 35.6. The molecule has 3 aliphatic rings. The molecule has 3 atom stereocenters. The first-order chi connectivity index (χ1) is 17.1. The molecule has 2 saturated heterocycles. The van der Waals surface area contributed by atoms with Crippen LogP contribution in [-0.4, -0.2) is 59.7 Å². The number of benzene rings is 1. The van der Waals surface area contributed by atoms with Crippen molar-refractivity contribution in [2.24, 2.45) is 10.2 Å². The molecule has 3 heterocycles. The molecule has 2 unspecified atom stereocenters. The number of nitrogens with zero attached hydrogens (tertiary/aromatic N) is 2. The van der Waals surface area contributed by atoms with E-state index in [1.165, 1.54) is 6.34 Å². The Morgan fingerprint density at radius 3 is 2.63 bits per heavy atom. The third kappa shape index (κ3) is 7.35. The number of nitrogens with one attached hydrogen (secondary N) is 6. The first kappa shape index (κ1) is 24.8. The molecule has 1 aromatic rings. The third-order valence-electron chi connectivity index (χ3n) is 6.17. The number of carbonyl (C=O) groups excluding carboxylic acids is 3. The molecular weight excluding hydrogens is 468 g/mol. The Kier molecular flexibility index (Phi) is 8.82. The maximum Gasteiger partial charge on any atom is 0.315 e. The van der Waals surface area contributed by atoms with Crippen molar-refractivity contribution < 1.29 is 14.4 Å². The predicted molar refractivity (Wildman–Crippen MR) is 136 cm³/mol. The van der Waals surface area contributed by atoms with Crippen LogP contribution in [0.4, 0.5) is 4.79 Å². The normalized spacial score (nSPS) is 22.2. The van der Waals surface area contributed by atoms with Gasteiger partial charge in [0.05, 0.1) is 12.1 Å². The summed E-state index contributed by atoms with van der Waals surface area (Å²) in [6.45, 7) is 0.939. The fourth-order valence-electron chi connectivity index (χ4n) is 4.28. The minimum atomic E-state index is -0.0653. The summed E-state index contributed by atoms with van der Waals surface area (Å²) in [6.07, 6.45) is 5.70.